The van der Waals surface area contributed by atoms with E-state index in [2.05, 4.69) is 0 Å². The highest BCUT2D eigenvalue weighted by Crippen LogP contribution is 2.40. The van der Waals surface area contributed by atoms with Gasteiger partial charge in [0.2, 0.25) is 0 Å². The Balaban J connectivity index is 0.00000121. The molecule has 0 aromatic heterocycles. The third-order valence-electron chi connectivity index (χ3n) is 2.22. The standard InChI is InChI=1S/C7H15O3P.H2O/c8-11(9,10)6-7-4-2-1-3-5-7;/h7H,1-6H2,(H2,8,9,10);1H2. The van der Waals surface area contributed by atoms with E-state index in [4.69, 9.17) is 9.79 Å². The lowest BCUT2D eigenvalue weighted by Crippen LogP contribution is -2.10. The normalized spacial score (nSPS) is 20.2. The van der Waals surface area contributed by atoms with Crippen LogP contribution in [0.3, 0.4) is 0 Å². The SMILES string of the molecule is O.O=P(O)(O)CC1CCCCC1. The molecule has 0 aliphatic heterocycles. The van der Waals surface area contributed by atoms with Crippen LogP contribution in [0.25, 0.3) is 0 Å². The molecule has 0 saturated heterocycles. The molecule has 0 bridgehead atoms. The lowest BCUT2D eigenvalue weighted by atomic mass is 9.91. The summed E-state index contributed by atoms with van der Waals surface area (Å²) in [6, 6.07) is 0. The Bertz CT molecular complexity index is 159. The van der Waals surface area contributed by atoms with Crippen LogP contribution in [-0.4, -0.2) is 21.4 Å². The minimum Gasteiger partial charge on any atom is -0.412 e. The third kappa shape index (κ3) is 4.88. The molecule has 1 aliphatic carbocycles. The maximum atomic E-state index is 10.6. The van der Waals surface area contributed by atoms with E-state index >= 15 is 0 Å². The third-order valence-corrected chi connectivity index (χ3v) is 3.21. The van der Waals surface area contributed by atoms with E-state index in [-0.39, 0.29) is 17.6 Å². The van der Waals surface area contributed by atoms with Gasteiger partial charge in [0.15, 0.2) is 0 Å². The second-order valence-corrected chi connectivity index (χ2v) is 5.05. The summed E-state index contributed by atoms with van der Waals surface area (Å²) in [4.78, 5) is 17.4. The van der Waals surface area contributed by atoms with Crippen LogP contribution in [0.2, 0.25) is 0 Å². The van der Waals surface area contributed by atoms with Gasteiger partial charge in [0.1, 0.15) is 0 Å². The Labute approximate surface area is 72.5 Å². The van der Waals surface area contributed by atoms with Crippen molar-refractivity contribution in [1.29, 1.82) is 0 Å². The smallest absolute Gasteiger partial charge is 0.325 e. The molecule has 5 heteroatoms. The highest BCUT2D eigenvalue weighted by molar-refractivity contribution is 7.51. The molecule has 0 aromatic carbocycles. The molecule has 0 unspecified atom stereocenters. The van der Waals surface area contributed by atoms with E-state index in [1.807, 2.05) is 0 Å². The van der Waals surface area contributed by atoms with Gasteiger partial charge in [0.05, 0.1) is 6.16 Å². The summed E-state index contributed by atoms with van der Waals surface area (Å²) < 4.78 is 10.6. The van der Waals surface area contributed by atoms with Gasteiger partial charge >= 0.3 is 7.60 Å². The molecule has 4 N–H and O–H groups in total. The van der Waals surface area contributed by atoms with Crippen molar-refractivity contribution in [3.8, 4) is 0 Å². The van der Waals surface area contributed by atoms with Gasteiger partial charge in [-0.1, -0.05) is 19.3 Å². The van der Waals surface area contributed by atoms with E-state index < -0.39 is 7.60 Å². The fraction of sp³-hybridized carbons (Fsp3) is 1.00. The van der Waals surface area contributed by atoms with Gasteiger partial charge in [-0.3, -0.25) is 4.57 Å². The van der Waals surface area contributed by atoms with Crippen LogP contribution < -0.4 is 0 Å². The lowest BCUT2D eigenvalue weighted by molar-refractivity contribution is 0.332. The predicted molar refractivity (Wildman–Crippen MR) is 47.1 cm³/mol. The predicted octanol–water partition coefficient (Wildman–Crippen LogP) is 0.920. The van der Waals surface area contributed by atoms with Crippen molar-refractivity contribution < 1.29 is 19.8 Å². The van der Waals surface area contributed by atoms with Gasteiger partial charge in [-0.25, -0.2) is 0 Å². The van der Waals surface area contributed by atoms with Crippen LogP contribution in [0.4, 0.5) is 0 Å². The maximum Gasteiger partial charge on any atom is 0.325 e. The van der Waals surface area contributed by atoms with Crippen LogP contribution in [0.1, 0.15) is 32.1 Å². The van der Waals surface area contributed by atoms with Crippen LogP contribution in [0.15, 0.2) is 0 Å². The topological polar surface area (TPSA) is 89.0 Å². The zero-order chi connectivity index (χ0) is 8.32. The molecule has 0 spiro atoms. The van der Waals surface area contributed by atoms with Crippen molar-refractivity contribution in [3.63, 3.8) is 0 Å². The van der Waals surface area contributed by atoms with E-state index in [1.165, 1.54) is 6.42 Å². The van der Waals surface area contributed by atoms with Gasteiger partial charge < -0.3 is 15.3 Å². The van der Waals surface area contributed by atoms with Crippen molar-refractivity contribution in [3.05, 3.63) is 0 Å². The molecule has 1 saturated carbocycles. The summed E-state index contributed by atoms with van der Waals surface area (Å²) in [5, 5.41) is 0. The quantitative estimate of drug-likeness (QED) is 0.643. The van der Waals surface area contributed by atoms with Crippen LogP contribution in [0.5, 0.6) is 0 Å². The fourth-order valence-corrected chi connectivity index (χ4v) is 2.74. The largest absolute Gasteiger partial charge is 0.412 e. The van der Waals surface area contributed by atoms with Gasteiger partial charge in [-0.2, -0.15) is 0 Å². The Morgan fingerprint density at radius 1 is 1.17 bits per heavy atom. The van der Waals surface area contributed by atoms with E-state index in [0.717, 1.165) is 25.7 Å². The molecular weight excluding hydrogens is 179 g/mol. The first kappa shape index (κ1) is 12.1. The molecule has 4 nitrogen and oxygen atoms in total. The molecule has 1 aliphatic rings. The molecule has 74 valence electrons. The summed E-state index contributed by atoms with van der Waals surface area (Å²) in [6.07, 6.45) is 5.64. The Hall–Kier alpha value is 0.110. The minimum atomic E-state index is -3.73. The first-order chi connectivity index (χ1) is 5.08. The average molecular weight is 196 g/mol. The molecule has 0 aromatic rings. The molecule has 1 fully saturated rings. The molecular formula is C7H17O4P. The highest BCUT2D eigenvalue weighted by Gasteiger charge is 2.22. The highest BCUT2D eigenvalue weighted by atomic mass is 31.2. The molecule has 0 heterocycles. The Morgan fingerprint density at radius 3 is 2.08 bits per heavy atom. The van der Waals surface area contributed by atoms with Crippen molar-refractivity contribution in [2.45, 2.75) is 32.1 Å². The van der Waals surface area contributed by atoms with Crippen LogP contribution >= 0.6 is 7.60 Å². The molecule has 0 radical (unpaired) electrons. The Kier molecular flexibility index (Phi) is 5.02. The number of rotatable bonds is 2. The van der Waals surface area contributed by atoms with Crippen LogP contribution in [-0.2, 0) is 4.57 Å². The average Bonchev–Trinajstić information content (AvgIpc) is 1.85. The van der Waals surface area contributed by atoms with E-state index in [1.54, 1.807) is 0 Å². The summed E-state index contributed by atoms with van der Waals surface area (Å²) in [5.74, 6) is 0.282. The van der Waals surface area contributed by atoms with Crippen molar-refractivity contribution >= 4 is 7.60 Å². The van der Waals surface area contributed by atoms with Crippen molar-refractivity contribution in [1.82, 2.24) is 0 Å². The van der Waals surface area contributed by atoms with E-state index in [9.17, 15) is 4.57 Å². The van der Waals surface area contributed by atoms with Gasteiger partial charge in [-0.05, 0) is 18.8 Å². The van der Waals surface area contributed by atoms with Gasteiger partial charge in [-0.15, -0.1) is 0 Å². The summed E-state index contributed by atoms with van der Waals surface area (Å²) in [6.45, 7) is 0. The number of hydrogen-bond acceptors (Lipinski definition) is 1. The fourth-order valence-electron chi connectivity index (χ4n) is 1.71. The van der Waals surface area contributed by atoms with Crippen molar-refractivity contribution in [2.75, 3.05) is 6.16 Å². The zero-order valence-corrected chi connectivity index (χ0v) is 7.96. The zero-order valence-electron chi connectivity index (χ0n) is 7.07. The van der Waals surface area contributed by atoms with E-state index in [0.29, 0.717) is 0 Å². The molecule has 0 atom stereocenters. The second kappa shape index (κ2) is 4.97. The molecule has 1 rings (SSSR count). The van der Waals surface area contributed by atoms with Gasteiger partial charge in [0, 0.05) is 0 Å². The maximum absolute atomic E-state index is 10.6. The Morgan fingerprint density at radius 2 is 1.67 bits per heavy atom. The molecule has 12 heavy (non-hydrogen) atoms. The summed E-state index contributed by atoms with van der Waals surface area (Å²) >= 11 is 0. The molecule has 0 amide bonds. The number of hydrogen-bond donors (Lipinski definition) is 2. The first-order valence-electron chi connectivity index (χ1n) is 4.12. The van der Waals surface area contributed by atoms with Crippen molar-refractivity contribution in [2.24, 2.45) is 5.92 Å². The monoisotopic (exact) mass is 196 g/mol. The minimum absolute atomic E-state index is 0. The first-order valence-corrected chi connectivity index (χ1v) is 5.92. The second-order valence-electron chi connectivity index (χ2n) is 3.35. The summed E-state index contributed by atoms with van der Waals surface area (Å²) in [7, 11) is -3.73. The lowest BCUT2D eigenvalue weighted by Gasteiger charge is -2.21. The van der Waals surface area contributed by atoms with Crippen LogP contribution in [0, 0.1) is 5.92 Å². The summed E-state index contributed by atoms with van der Waals surface area (Å²) in [5.41, 5.74) is 0. The van der Waals surface area contributed by atoms with Gasteiger partial charge in [0.25, 0.3) is 0 Å².